The van der Waals surface area contributed by atoms with E-state index in [-0.39, 0.29) is 29.7 Å². The van der Waals surface area contributed by atoms with Crippen molar-refractivity contribution in [3.05, 3.63) is 64.2 Å². The van der Waals surface area contributed by atoms with Gasteiger partial charge in [-0.1, -0.05) is 30.3 Å². The minimum Gasteiger partial charge on any atom is -0.381 e. The van der Waals surface area contributed by atoms with E-state index in [1.54, 1.807) is 0 Å². The summed E-state index contributed by atoms with van der Waals surface area (Å²) in [7, 11) is -3.88. The Morgan fingerprint density at radius 3 is 2.52 bits per heavy atom. The quantitative estimate of drug-likeness (QED) is 0.521. The molecule has 1 fully saturated rings. The summed E-state index contributed by atoms with van der Waals surface area (Å²) in [5.41, 5.74) is 1.33. The van der Waals surface area contributed by atoms with Gasteiger partial charge in [0.15, 0.2) is 0 Å². The molecular formula is C20H25N3O5S. The molecule has 1 aliphatic rings. The fourth-order valence-electron chi connectivity index (χ4n) is 3.25. The van der Waals surface area contributed by atoms with E-state index in [9.17, 15) is 18.5 Å². The maximum Gasteiger partial charge on any atom is 0.270 e. The van der Waals surface area contributed by atoms with E-state index in [0.717, 1.165) is 18.9 Å². The van der Waals surface area contributed by atoms with Crippen LogP contribution in [0.1, 0.15) is 18.9 Å². The fraction of sp³-hybridized carbons (Fsp3) is 0.400. The zero-order valence-electron chi connectivity index (χ0n) is 16.3. The van der Waals surface area contributed by atoms with Crippen LogP contribution in [0.4, 0.5) is 11.4 Å². The largest absolute Gasteiger partial charge is 0.381 e. The van der Waals surface area contributed by atoms with Gasteiger partial charge in [0.25, 0.3) is 5.69 Å². The van der Waals surface area contributed by atoms with E-state index >= 15 is 0 Å². The van der Waals surface area contributed by atoms with Crippen molar-refractivity contribution >= 4 is 21.4 Å². The van der Waals surface area contributed by atoms with E-state index in [1.807, 2.05) is 37.3 Å². The second kappa shape index (κ2) is 9.34. The lowest BCUT2D eigenvalue weighted by atomic mass is 10.1. The molecule has 1 aliphatic heterocycles. The molecule has 1 N–H and O–H groups in total. The first-order valence-corrected chi connectivity index (χ1v) is 11.0. The summed E-state index contributed by atoms with van der Waals surface area (Å²) < 4.78 is 32.8. The zero-order chi connectivity index (χ0) is 20.9. The SMILES string of the molecule is CC(CCc1ccccc1)Nc1ccc([N+](=O)[O-])cc1S(=O)(=O)N1CCOCC1. The number of nitrogens with zero attached hydrogens (tertiary/aromatic N) is 2. The standard InChI is InChI=1S/C20H25N3O5S/c1-16(7-8-17-5-3-2-4-6-17)21-19-10-9-18(23(24)25)15-20(19)29(26,27)22-11-13-28-14-12-22/h2-6,9-10,15-16,21H,7-8,11-14H2,1H3. The van der Waals surface area contributed by atoms with E-state index in [4.69, 9.17) is 4.74 Å². The van der Waals surface area contributed by atoms with Crippen LogP contribution in [0.25, 0.3) is 0 Å². The van der Waals surface area contributed by atoms with Gasteiger partial charge in [-0.15, -0.1) is 0 Å². The minimum atomic E-state index is -3.88. The molecule has 0 saturated carbocycles. The molecule has 0 bridgehead atoms. The summed E-state index contributed by atoms with van der Waals surface area (Å²) in [5.74, 6) is 0. The van der Waals surface area contributed by atoms with Crippen molar-refractivity contribution in [3.8, 4) is 0 Å². The second-order valence-corrected chi connectivity index (χ2v) is 8.93. The first-order chi connectivity index (χ1) is 13.9. The highest BCUT2D eigenvalue weighted by atomic mass is 32.2. The summed E-state index contributed by atoms with van der Waals surface area (Å²) in [4.78, 5) is 10.6. The van der Waals surface area contributed by atoms with Crippen molar-refractivity contribution in [2.45, 2.75) is 30.7 Å². The number of nitrogens with one attached hydrogen (secondary N) is 1. The van der Waals surface area contributed by atoms with Gasteiger partial charge in [0, 0.05) is 31.3 Å². The van der Waals surface area contributed by atoms with Gasteiger partial charge < -0.3 is 10.1 Å². The Hall–Kier alpha value is -2.49. The maximum absolute atomic E-state index is 13.2. The van der Waals surface area contributed by atoms with Crippen LogP contribution in [-0.4, -0.2) is 50.0 Å². The summed E-state index contributed by atoms with van der Waals surface area (Å²) in [5, 5.41) is 14.4. The molecule has 2 aromatic carbocycles. The molecule has 29 heavy (non-hydrogen) atoms. The van der Waals surface area contributed by atoms with Crippen molar-refractivity contribution in [3.63, 3.8) is 0 Å². The van der Waals surface area contributed by atoms with Crippen molar-refractivity contribution in [1.29, 1.82) is 0 Å². The number of morpholine rings is 1. The molecule has 2 aromatic rings. The molecular weight excluding hydrogens is 394 g/mol. The Morgan fingerprint density at radius 1 is 1.17 bits per heavy atom. The van der Waals surface area contributed by atoms with Crippen LogP contribution in [0.15, 0.2) is 53.4 Å². The number of non-ortho nitro benzene ring substituents is 1. The molecule has 156 valence electrons. The van der Waals surface area contributed by atoms with E-state index in [0.29, 0.717) is 18.9 Å². The Bertz CT molecular complexity index is 944. The molecule has 3 rings (SSSR count). The number of aryl methyl sites for hydroxylation is 1. The first kappa shape index (κ1) is 21.2. The van der Waals surface area contributed by atoms with Crippen molar-refractivity contribution in [2.75, 3.05) is 31.6 Å². The normalized spacial score (nSPS) is 16.3. The fourth-order valence-corrected chi connectivity index (χ4v) is 4.83. The molecule has 1 heterocycles. The predicted octanol–water partition coefficient (Wildman–Crippen LogP) is 3.05. The average Bonchev–Trinajstić information content (AvgIpc) is 2.73. The summed E-state index contributed by atoms with van der Waals surface area (Å²) in [6, 6.07) is 13.9. The Kier molecular flexibility index (Phi) is 6.83. The third-order valence-corrected chi connectivity index (χ3v) is 6.81. The minimum absolute atomic E-state index is 0.0182. The molecule has 0 aromatic heterocycles. The number of anilines is 1. The summed E-state index contributed by atoms with van der Waals surface area (Å²) in [6.07, 6.45) is 1.63. The molecule has 0 radical (unpaired) electrons. The predicted molar refractivity (Wildman–Crippen MR) is 111 cm³/mol. The highest BCUT2D eigenvalue weighted by Gasteiger charge is 2.30. The number of ether oxygens (including phenoxy) is 1. The average molecular weight is 420 g/mol. The van der Waals surface area contributed by atoms with E-state index < -0.39 is 14.9 Å². The number of nitro benzene ring substituents is 1. The lowest BCUT2D eigenvalue weighted by Gasteiger charge is -2.27. The molecule has 9 heteroatoms. The van der Waals surface area contributed by atoms with E-state index in [2.05, 4.69) is 5.32 Å². The van der Waals surface area contributed by atoms with Gasteiger partial charge in [-0.25, -0.2) is 8.42 Å². The molecule has 0 aliphatic carbocycles. The van der Waals surface area contributed by atoms with Crippen LogP contribution in [0.2, 0.25) is 0 Å². The lowest BCUT2D eigenvalue weighted by molar-refractivity contribution is -0.385. The molecule has 0 amide bonds. The van der Waals surface area contributed by atoms with Gasteiger partial charge >= 0.3 is 0 Å². The van der Waals surface area contributed by atoms with Crippen LogP contribution >= 0.6 is 0 Å². The number of hydrogen-bond donors (Lipinski definition) is 1. The third kappa shape index (κ3) is 5.31. The molecule has 1 saturated heterocycles. The van der Waals surface area contributed by atoms with Crippen LogP contribution < -0.4 is 5.32 Å². The van der Waals surface area contributed by atoms with Gasteiger partial charge in [-0.05, 0) is 31.4 Å². The first-order valence-electron chi connectivity index (χ1n) is 9.55. The van der Waals surface area contributed by atoms with Gasteiger partial charge in [-0.2, -0.15) is 4.31 Å². The molecule has 8 nitrogen and oxygen atoms in total. The Morgan fingerprint density at radius 2 is 1.86 bits per heavy atom. The number of hydrogen-bond acceptors (Lipinski definition) is 6. The van der Waals surface area contributed by atoms with Gasteiger partial charge in [0.2, 0.25) is 10.0 Å². The Balaban J connectivity index is 1.82. The lowest BCUT2D eigenvalue weighted by Crippen LogP contribution is -2.41. The highest BCUT2D eigenvalue weighted by molar-refractivity contribution is 7.89. The number of sulfonamides is 1. The third-order valence-electron chi connectivity index (χ3n) is 4.87. The van der Waals surface area contributed by atoms with Crippen LogP contribution in [0, 0.1) is 10.1 Å². The zero-order valence-corrected chi connectivity index (χ0v) is 17.1. The highest BCUT2D eigenvalue weighted by Crippen LogP contribution is 2.30. The van der Waals surface area contributed by atoms with Crippen LogP contribution in [-0.2, 0) is 21.2 Å². The summed E-state index contributed by atoms with van der Waals surface area (Å²) >= 11 is 0. The number of benzene rings is 2. The maximum atomic E-state index is 13.2. The molecule has 0 spiro atoms. The number of rotatable bonds is 8. The summed E-state index contributed by atoms with van der Waals surface area (Å²) in [6.45, 7) is 3.05. The van der Waals surface area contributed by atoms with Crippen molar-refractivity contribution in [2.24, 2.45) is 0 Å². The monoisotopic (exact) mass is 419 g/mol. The van der Waals surface area contributed by atoms with Crippen LogP contribution in [0.3, 0.4) is 0 Å². The van der Waals surface area contributed by atoms with Crippen molar-refractivity contribution < 1.29 is 18.1 Å². The van der Waals surface area contributed by atoms with Gasteiger partial charge in [-0.3, -0.25) is 10.1 Å². The number of nitro groups is 1. The topological polar surface area (TPSA) is 102 Å². The van der Waals surface area contributed by atoms with Crippen LogP contribution in [0.5, 0.6) is 0 Å². The Labute approximate surface area is 170 Å². The van der Waals surface area contributed by atoms with Gasteiger partial charge in [0.1, 0.15) is 4.90 Å². The van der Waals surface area contributed by atoms with Gasteiger partial charge in [0.05, 0.1) is 23.8 Å². The smallest absolute Gasteiger partial charge is 0.270 e. The molecule has 1 unspecified atom stereocenters. The van der Waals surface area contributed by atoms with Crippen molar-refractivity contribution in [1.82, 2.24) is 4.31 Å². The van der Waals surface area contributed by atoms with E-state index in [1.165, 1.54) is 22.0 Å². The second-order valence-electron chi connectivity index (χ2n) is 7.02. The molecule has 1 atom stereocenters.